The van der Waals surface area contributed by atoms with Crippen molar-refractivity contribution in [1.29, 1.82) is 0 Å². The Balaban J connectivity index is 1.34. The smallest absolute Gasteiger partial charge is 0.321 e. The highest BCUT2D eigenvalue weighted by Gasteiger charge is 2.37. The molecule has 1 aliphatic carbocycles. The number of benzodiazepines with no additional fused rings is 1. The summed E-state index contributed by atoms with van der Waals surface area (Å²) < 4.78 is 15.2. The van der Waals surface area contributed by atoms with E-state index >= 15 is 4.39 Å². The van der Waals surface area contributed by atoms with Crippen LogP contribution in [-0.4, -0.2) is 65.7 Å². The summed E-state index contributed by atoms with van der Waals surface area (Å²) in [7, 11) is 0. The van der Waals surface area contributed by atoms with E-state index in [-0.39, 0.29) is 23.7 Å². The molecule has 4 amide bonds. The van der Waals surface area contributed by atoms with Crippen LogP contribution >= 0.6 is 0 Å². The van der Waals surface area contributed by atoms with Crippen LogP contribution in [0.15, 0.2) is 82.9 Å². The lowest BCUT2D eigenvalue weighted by Gasteiger charge is -2.29. The van der Waals surface area contributed by atoms with Crippen molar-refractivity contribution >= 4 is 41.1 Å². The number of amides is 4. The Morgan fingerprint density at radius 2 is 1.64 bits per heavy atom. The summed E-state index contributed by atoms with van der Waals surface area (Å²) in [5, 5.41) is 17.1. The monoisotopic (exact) mass is 596 g/mol. The molecule has 3 N–H and O–H groups in total. The van der Waals surface area contributed by atoms with Gasteiger partial charge in [0.25, 0.3) is 5.91 Å². The van der Waals surface area contributed by atoms with Crippen molar-refractivity contribution < 1.29 is 24.0 Å². The Morgan fingerprint density at radius 1 is 0.955 bits per heavy atom. The van der Waals surface area contributed by atoms with Gasteiger partial charge in [-0.15, -0.1) is 0 Å². The second kappa shape index (κ2) is 12.7. The Morgan fingerprint density at radius 3 is 2.34 bits per heavy atom. The normalized spacial score (nSPS) is 21.3. The Hall–Kier alpha value is -5.06. The van der Waals surface area contributed by atoms with Crippen LogP contribution in [0.5, 0.6) is 0 Å². The van der Waals surface area contributed by atoms with E-state index in [0.29, 0.717) is 47.4 Å². The fraction of sp³-hybridized carbons (Fsp3) is 0.303. The molecule has 1 saturated carbocycles. The fourth-order valence-corrected chi connectivity index (χ4v) is 6.34. The van der Waals surface area contributed by atoms with Crippen molar-refractivity contribution in [2.45, 2.75) is 31.8 Å². The molecule has 44 heavy (non-hydrogen) atoms. The average molecular weight is 597 g/mol. The minimum absolute atomic E-state index is 0.160. The first-order chi connectivity index (χ1) is 21.4. The molecule has 4 aliphatic rings. The summed E-state index contributed by atoms with van der Waals surface area (Å²) in [5.41, 5.74) is 2.14. The second-order valence-corrected chi connectivity index (χ2v) is 11.5. The number of hydrogen-bond acceptors (Lipinski definition) is 6. The number of hydrogen-bond donors (Lipinski definition) is 3. The first-order valence-electron chi connectivity index (χ1n) is 14.8. The van der Waals surface area contributed by atoms with Crippen molar-refractivity contribution in [2.24, 2.45) is 22.0 Å². The van der Waals surface area contributed by atoms with Gasteiger partial charge in [0, 0.05) is 29.9 Å². The molecule has 2 bridgehead atoms. The number of carbonyl (C=O) groups is 3. The Bertz CT molecular complexity index is 1620. The summed E-state index contributed by atoms with van der Waals surface area (Å²) in [4.78, 5) is 49.0. The van der Waals surface area contributed by atoms with Gasteiger partial charge < -0.3 is 20.7 Å². The largest absolute Gasteiger partial charge is 0.411 e. The van der Waals surface area contributed by atoms with Gasteiger partial charge >= 0.3 is 6.03 Å². The maximum atomic E-state index is 15.2. The number of rotatable bonds is 6. The van der Waals surface area contributed by atoms with E-state index in [2.05, 4.69) is 20.8 Å². The van der Waals surface area contributed by atoms with Crippen molar-refractivity contribution in [3.63, 3.8) is 0 Å². The van der Waals surface area contributed by atoms with Gasteiger partial charge in [0.2, 0.25) is 12.1 Å². The van der Waals surface area contributed by atoms with Crippen molar-refractivity contribution in [1.82, 2.24) is 10.2 Å². The maximum absolute atomic E-state index is 15.2. The lowest BCUT2D eigenvalue weighted by molar-refractivity contribution is -0.132. The Labute approximate surface area is 254 Å². The molecule has 11 heteroatoms. The SMILES string of the molecule is O=C(Nc1cccc(C=NO)c1)NC1N=C(c2ccccc2F)c2ccccc2N(CC(=O)N2CC3CCC(CC3)C2)C1=O. The summed E-state index contributed by atoms with van der Waals surface area (Å²) in [6.45, 7) is 1.10. The van der Waals surface area contributed by atoms with E-state index in [0.717, 1.165) is 25.7 Å². The zero-order chi connectivity index (χ0) is 30.6. The fourth-order valence-electron chi connectivity index (χ4n) is 6.34. The number of anilines is 2. The van der Waals surface area contributed by atoms with Gasteiger partial charge in [-0.1, -0.05) is 47.6 Å². The third-order valence-corrected chi connectivity index (χ3v) is 8.53. The highest BCUT2D eigenvalue weighted by molar-refractivity contribution is 6.21. The molecule has 0 spiro atoms. The molecule has 10 nitrogen and oxygen atoms in total. The number of halogens is 1. The summed E-state index contributed by atoms with van der Waals surface area (Å²) in [6, 6.07) is 18.9. The molecule has 3 fully saturated rings. The quantitative estimate of drug-likeness (QED) is 0.218. The molecule has 0 aromatic heterocycles. The first-order valence-corrected chi connectivity index (χ1v) is 14.8. The molecular weight excluding hydrogens is 563 g/mol. The molecule has 226 valence electrons. The summed E-state index contributed by atoms with van der Waals surface area (Å²) >= 11 is 0. The van der Waals surface area contributed by atoms with E-state index in [1.165, 1.54) is 17.2 Å². The number of nitrogens with one attached hydrogen (secondary N) is 2. The molecule has 0 radical (unpaired) electrons. The predicted octanol–water partition coefficient (Wildman–Crippen LogP) is 4.61. The van der Waals surface area contributed by atoms with Gasteiger partial charge in [0.15, 0.2) is 0 Å². The molecule has 3 aliphatic heterocycles. The number of aliphatic imine (C=N–C) groups is 1. The van der Waals surface area contributed by atoms with E-state index in [4.69, 9.17) is 5.21 Å². The second-order valence-electron chi connectivity index (χ2n) is 11.5. The van der Waals surface area contributed by atoms with Gasteiger partial charge in [-0.25, -0.2) is 14.2 Å². The van der Waals surface area contributed by atoms with Gasteiger partial charge in [0.1, 0.15) is 12.4 Å². The number of urea groups is 1. The number of fused-ring (bicyclic) bond motifs is 5. The first kappa shape index (κ1) is 29.0. The molecule has 1 unspecified atom stereocenters. The van der Waals surface area contributed by atoms with Crippen molar-refractivity contribution in [3.05, 3.63) is 95.3 Å². The molecular formula is C33H33FN6O4. The molecule has 3 aromatic rings. The van der Waals surface area contributed by atoms with E-state index in [9.17, 15) is 14.4 Å². The number of benzene rings is 3. The minimum Gasteiger partial charge on any atom is -0.411 e. The van der Waals surface area contributed by atoms with Crippen molar-refractivity contribution in [2.75, 3.05) is 29.9 Å². The molecule has 1 atom stereocenters. The predicted molar refractivity (Wildman–Crippen MR) is 165 cm³/mol. The lowest BCUT2D eigenvalue weighted by atomic mass is 9.84. The lowest BCUT2D eigenvalue weighted by Crippen LogP contribution is -2.51. The van der Waals surface area contributed by atoms with E-state index in [1.54, 1.807) is 66.7 Å². The highest BCUT2D eigenvalue weighted by Crippen LogP contribution is 2.34. The number of oxime groups is 1. The van der Waals surface area contributed by atoms with Crippen molar-refractivity contribution in [3.8, 4) is 0 Å². The Kier molecular flexibility index (Phi) is 8.36. The summed E-state index contributed by atoms with van der Waals surface area (Å²) in [5.74, 6) is -0.413. The van der Waals surface area contributed by atoms with Gasteiger partial charge in [-0.2, -0.15) is 0 Å². The van der Waals surface area contributed by atoms with Crippen LogP contribution in [0.25, 0.3) is 0 Å². The molecule has 3 heterocycles. The average Bonchev–Trinajstić information content (AvgIpc) is 3.41. The van der Waals surface area contributed by atoms with Gasteiger partial charge in [0.05, 0.1) is 17.6 Å². The maximum Gasteiger partial charge on any atom is 0.321 e. The van der Waals surface area contributed by atoms with Gasteiger partial charge in [-0.05, 0) is 73.4 Å². The zero-order valence-electron chi connectivity index (χ0n) is 24.0. The molecule has 3 aromatic carbocycles. The van der Waals surface area contributed by atoms with E-state index in [1.807, 2.05) is 4.90 Å². The third-order valence-electron chi connectivity index (χ3n) is 8.53. The highest BCUT2D eigenvalue weighted by atomic mass is 19.1. The van der Waals surface area contributed by atoms with Crippen LogP contribution in [0.3, 0.4) is 0 Å². The zero-order valence-corrected chi connectivity index (χ0v) is 24.0. The molecule has 2 saturated heterocycles. The number of carbonyl (C=O) groups excluding carboxylic acids is 3. The summed E-state index contributed by atoms with van der Waals surface area (Å²) in [6.07, 6.45) is 4.18. The number of para-hydroxylation sites is 1. The standard InChI is InChI=1S/C33H33FN6O4/c34-27-10-3-1-8-25(27)30-26-9-2-4-11-28(26)40(20-29(41)39-18-21-12-13-22(19-39)15-14-21)32(42)31(37-30)38-33(43)36-24-7-5-6-23(16-24)17-35-44/h1-11,16-17,21-22,31,44H,12-15,18-20H2,(H2,36,38,43). The van der Waals surface area contributed by atoms with Crippen LogP contribution in [0.4, 0.5) is 20.6 Å². The topological polar surface area (TPSA) is 127 Å². The van der Waals surface area contributed by atoms with Crippen LogP contribution in [0.2, 0.25) is 0 Å². The van der Waals surface area contributed by atoms with Crippen LogP contribution < -0.4 is 15.5 Å². The number of nitrogens with zero attached hydrogens (tertiary/aromatic N) is 4. The molecule has 7 rings (SSSR count). The minimum atomic E-state index is -1.47. The van der Waals surface area contributed by atoms with Crippen LogP contribution in [0, 0.1) is 17.7 Å². The van der Waals surface area contributed by atoms with Gasteiger partial charge in [-0.3, -0.25) is 14.5 Å². The third kappa shape index (κ3) is 6.17. The van der Waals surface area contributed by atoms with Crippen LogP contribution in [-0.2, 0) is 9.59 Å². The van der Waals surface area contributed by atoms with Crippen LogP contribution in [0.1, 0.15) is 42.4 Å². The van der Waals surface area contributed by atoms with E-state index < -0.39 is 23.9 Å².